The summed E-state index contributed by atoms with van der Waals surface area (Å²) in [6.07, 6.45) is -1.65. The molecule has 0 unspecified atom stereocenters. The lowest BCUT2D eigenvalue weighted by Crippen LogP contribution is -2.24. The van der Waals surface area contributed by atoms with E-state index in [1.165, 1.54) is 36.4 Å². The number of nitrogens with two attached hydrogens (primary N) is 2. The van der Waals surface area contributed by atoms with E-state index in [-0.39, 0.29) is 23.0 Å². The minimum atomic E-state index is -0.827. The molecule has 8 heteroatoms. The maximum Gasteiger partial charge on any atom is 0.157 e. The highest BCUT2D eigenvalue weighted by atomic mass is 16.3. The lowest BCUT2D eigenvalue weighted by Gasteiger charge is -2.14. The van der Waals surface area contributed by atoms with Crippen LogP contribution in [0.5, 0.6) is 23.0 Å². The quantitative estimate of drug-likeness (QED) is 0.369. The number of aliphatic hydroxyl groups is 2. The standard InChI is InChI=1S/2C9H13NO3/c2*1-5(10)9(13)6-2-3-7(11)8(12)4-6/h2*2-5,9,11-13H,10H2,1H3/t2*5-,9-/m00/s1. The minimum absolute atomic E-state index is 0.208. The van der Waals surface area contributed by atoms with Crippen molar-refractivity contribution in [2.45, 2.75) is 38.1 Å². The molecule has 0 saturated heterocycles. The predicted molar refractivity (Wildman–Crippen MR) is 96.8 cm³/mol. The summed E-state index contributed by atoms with van der Waals surface area (Å²) in [4.78, 5) is 0. The second-order valence-corrected chi connectivity index (χ2v) is 6.10. The van der Waals surface area contributed by atoms with Crippen LogP contribution in [-0.2, 0) is 0 Å². The average molecular weight is 366 g/mol. The number of aromatic hydroxyl groups is 4. The molecule has 0 aliphatic carbocycles. The van der Waals surface area contributed by atoms with Gasteiger partial charge in [0, 0.05) is 12.1 Å². The molecule has 0 aliphatic rings. The Morgan fingerprint density at radius 1 is 0.615 bits per heavy atom. The summed E-state index contributed by atoms with van der Waals surface area (Å²) in [6.45, 7) is 3.32. The number of benzene rings is 2. The molecule has 0 aromatic heterocycles. The van der Waals surface area contributed by atoms with E-state index in [2.05, 4.69) is 0 Å². The average Bonchev–Trinajstić information content (AvgIpc) is 2.58. The summed E-state index contributed by atoms with van der Waals surface area (Å²) in [6, 6.07) is 7.43. The Morgan fingerprint density at radius 2 is 0.923 bits per heavy atom. The van der Waals surface area contributed by atoms with Gasteiger partial charge in [0.1, 0.15) is 0 Å². The molecule has 10 N–H and O–H groups in total. The first-order valence-electron chi connectivity index (χ1n) is 7.95. The Bertz CT molecular complexity index is 659. The van der Waals surface area contributed by atoms with Gasteiger partial charge < -0.3 is 42.1 Å². The molecule has 2 rings (SSSR count). The van der Waals surface area contributed by atoms with Gasteiger partial charge in [0.05, 0.1) is 12.2 Å². The molecule has 2 aromatic rings. The van der Waals surface area contributed by atoms with Gasteiger partial charge in [-0.1, -0.05) is 12.1 Å². The highest BCUT2D eigenvalue weighted by Gasteiger charge is 2.14. The molecule has 26 heavy (non-hydrogen) atoms. The van der Waals surface area contributed by atoms with Gasteiger partial charge in [-0.3, -0.25) is 0 Å². The van der Waals surface area contributed by atoms with Crippen LogP contribution in [0.4, 0.5) is 0 Å². The second-order valence-electron chi connectivity index (χ2n) is 6.10. The normalized spacial score (nSPS) is 15.3. The van der Waals surface area contributed by atoms with E-state index < -0.39 is 24.3 Å². The van der Waals surface area contributed by atoms with E-state index in [4.69, 9.17) is 31.9 Å². The topological polar surface area (TPSA) is 173 Å². The zero-order chi connectivity index (χ0) is 20.0. The third kappa shape index (κ3) is 5.78. The first kappa shape index (κ1) is 21.5. The molecule has 0 bridgehead atoms. The fourth-order valence-corrected chi connectivity index (χ4v) is 2.06. The highest BCUT2D eigenvalue weighted by molar-refractivity contribution is 5.42. The SMILES string of the molecule is C[C@H](N)[C@H](O)c1ccc(O)c(O)c1.C[C@H](N)[C@H](O)c1ccc(O)c(O)c1. The summed E-state index contributed by atoms with van der Waals surface area (Å²) in [5.74, 6) is -0.921. The van der Waals surface area contributed by atoms with Crippen molar-refractivity contribution >= 4 is 0 Å². The molecule has 8 nitrogen and oxygen atoms in total. The molecule has 4 atom stereocenters. The number of rotatable bonds is 4. The van der Waals surface area contributed by atoms with Crippen LogP contribution in [0.2, 0.25) is 0 Å². The Morgan fingerprint density at radius 3 is 1.15 bits per heavy atom. The van der Waals surface area contributed by atoms with Crippen molar-refractivity contribution in [3.63, 3.8) is 0 Å². The van der Waals surface area contributed by atoms with Crippen LogP contribution in [-0.4, -0.2) is 42.7 Å². The minimum Gasteiger partial charge on any atom is -0.504 e. The number of phenolic OH excluding ortho intramolecular Hbond substituents is 4. The molecule has 0 amide bonds. The largest absolute Gasteiger partial charge is 0.504 e. The molecule has 144 valence electrons. The zero-order valence-electron chi connectivity index (χ0n) is 14.6. The van der Waals surface area contributed by atoms with Crippen LogP contribution in [0.15, 0.2) is 36.4 Å². The van der Waals surface area contributed by atoms with Crippen molar-refractivity contribution in [3.8, 4) is 23.0 Å². The molecular weight excluding hydrogens is 340 g/mol. The van der Waals surface area contributed by atoms with E-state index in [1.807, 2.05) is 0 Å². The summed E-state index contributed by atoms with van der Waals surface area (Å²) >= 11 is 0. The maximum atomic E-state index is 9.50. The maximum absolute atomic E-state index is 9.50. The Labute approximate surface area is 151 Å². The van der Waals surface area contributed by atoms with Gasteiger partial charge >= 0.3 is 0 Å². The van der Waals surface area contributed by atoms with Gasteiger partial charge in [-0.25, -0.2) is 0 Å². The fourth-order valence-electron chi connectivity index (χ4n) is 2.06. The molecule has 0 aliphatic heterocycles. The fraction of sp³-hybridized carbons (Fsp3) is 0.333. The molecule has 0 radical (unpaired) electrons. The molecule has 0 saturated carbocycles. The van der Waals surface area contributed by atoms with Crippen LogP contribution in [0.25, 0.3) is 0 Å². The molecular formula is C18H26N2O6. The summed E-state index contributed by atoms with van der Waals surface area (Å²) < 4.78 is 0. The van der Waals surface area contributed by atoms with E-state index in [0.29, 0.717) is 11.1 Å². The molecule has 0 heterocycles. The van der Waals surface area contributed by atoms with Crippen LogP contribution < -0.4 is 11.5 Å². The van der Waals surface area contributed by atoms with Crippen molar-refractivity contribution in [2.24, 2.45) is 11.5 Å². The number of hydrogen-bond acceptors (Lipinski definition) is 8. The van der Waals surface area contributed by atoms with Gasteiger partial charge in [0.25, 0.3) is 0 Å². The first-order chi connectivity index (χ1) is 12.0. The number of phenols is 4. The van der Waals surface area contributed by atoms with Crippen molar-refractivity contribution in [1.29, 1.82) is 0 Å². The van der Waals surface area contributed by atoms with Crippen molar-refractivity contribution in [3.05, 3.63) is 47.5 Å². The lowest BCUT2D eigenvalue weighted by molar-refractivity contribution is 0.153. The van der Waals surface area contributed by atoms with Crippen LogP contribution in [0.1, 0.15) is 37.2 Å². The molecule has 0 spiro atoms. The third-order valence-corrected chi connectivity index (χ3v) is 3.68. The van der Waals surface area contributed by atoms with Crippen molar-refractivity contribution in [2.75, 3.05) is 0 Å². The van der Waals surface area contributed by atoms with Gasteiger partial charge in [-0.2, -0.15) is 0 Å². The molecule has 2 aromatic carbocycles. The Kier molecular flexibility index (Phi) is 7.66. The first-order valence-corrected chi connectivity index (χ1v) is 7.95. The van der Waals surface area contributed by atoms with Gasteiger partial charge in [-0.05, 0) is 49.2 Å². The van der Waals surface area contributed by atoms with E-state index in [1.54, 1.807) is 13.8 Å². The summed E-state index contributed by atoms with van der Waals surface area (Å²) in [7, 11) is 0. The smallest absolute Gasteiger partial charge is 0.157 e. The van der Waals surface area contributed by atoms with Gasteiger partial charge in [-0.15, -0.1) is 0 Å². The second kappa shape index (κ2) is 9.25. The Balaban J connectivity index is 0.000000260. The van der Waals surface area contributed by atoms with Crippen molar-refractivity contribution in [1.82, 2.24) is 0 Å². The zero-order valence-corrected chi connectivity index (χ0v) is 14.6. The van der Waals surface area contributed by atoms with Crippen molar-refractivity contribution < 1.29 is 30.6 Å². The monoisotopic (exact) mass is 366 g/mol. The van der Waals surface area contributed by atoms with Crippen LogP contribution in [0.3, 0.4) is 0 Å². The molecule has 0 fully saturated rings. The summed E-state index contributed by atoms with van der Waals surface area (Å²) in [5.41, 5.74) is 11.9. The number of aliphatic hydroxyl groups excluding tert-OH is 2. The Hall–Kier alpha value is -2.52. The van der Waals surface area contributed by atoms with Gasteiger partial charge in [0.15, 0.2) is 23.0 Å². The van der Waals surface area contributed by atoms with Crippen LogP contribution in [0, 0.1) is 0 Å². The van der Waals surface area contributed by atoms with E-state index in [9.17, 15) is 10.2 Å². The summed E-state index contributed by atoms with van der Waals surface area (Å²) in [5, 5.41) is 55.3. The van der Waals surface area contributed by atoms with Gasteiger partial charge in [0.2, 0.25) is 0 Å². The highest BCUT2D eigenvalue weighted by Crippen LogP contribution is 2.29. The number of hydrogen-bond donors (Lipinski definition) is 8. The van der Waals surface area contributed by atoms with E-state index in [0.717, 1.165) is 0 Å². The third-order valence-electron chi connectivity index (χ3n) is 3.68. The van der Waals surface area contributed by atoms with Crippen LogP contribution >= 0.6 is 0 Å². The predicted octanol–water partition coefficient (Wildman–Crippen LogP) is 0.957. The van der Waals surface area contributed by atoms with E-state index >= 15 is 0 Å². The lowest BCUT2D eigenvalue weighted by atomic mass is 10.0.